The van der Waals surface area contributed by atoms with Crippen LogP contribution in [0.3, 0.4) is 0 Å². The molecule has 12 heteroatoms. The highest BCUT2D eigenvalue weighted by Crippen LogP contribution is 2.32. The van der Waals surface area contributed by atoms with E-state index in [1.807, 2.05) is 36.4 Å². The van der Waals surface area contributed by atoms with E-state index in [1.165, 1.54) is 0 Å². The number of carbonyl (C=O) groups is 2. The highest BCUT2D eigenvalue weighted by Gasteiger charge is 2.16. The van der Waals surface area contributed by atoms with Crippen LogP contribution in [-0.2, 0) is 35.9 Å². The Morgan fingerprint density at radius 3 is 1.40 bits per heavy atom. The monoisotopic (exact) mass is 686 g/mol. The minimum absolute atomic E-state index is 0.309. The van der Waals surface area contributed by atoms with E-state index < -0.39 is 23.8 Å². The smallest absolute Gasteiger partial charge is 0.307 e. The number of aromatic nitrogens is 2. The van der Waals surface area contributed by atoms with Crippen molar-refractivity contribution in [3.63, 3.8) is 0 Å². The first-order chi connectivity index (χ1) is 24.0. The maximum Gasteiger partial charge on any atom is 0.307 e. The normalized spacial score (nSPS) is 12.2. The van der Waals surface area contributed by atoms with Gasteiger partial charge >= 0.3 is 11.9 Å². The molecule has 4 N–H and O–H groups in total. The SMILES string of the molecule is COc1nc(OCc2cccc(-c3cccc(COc4ccc(CNCC(C)C(=O)O)c(OC)n4)c3C)c2C)ccc1CNCC(C)C(=O)O. The van der Waals surface area contributed by atoms with Gasteiger partial charge in [-0.15, -0.1) is 0 Å². The van der Waals surface area contributed by atoms with E-state index in [4.69, 9.17) is 29.2 Å². The summed E-state index contributed by atoms with van der Waals surface area (Å²) < 4.78 is 23.1. The average Bonchev–Trinajstić information content (AvgIpc) is 3.11. The van der Waals surface area contributed by atoms with E-state index >= 15 is 0 Å². The topological polar surface area (TPSA) is 161 Å². The van der Waals surface area contributed by atoms with Gasteiger partial charge in [-0.05, 0) is 59.4 Å². The summed E-state index contributed by atoms with van der Waals surface area (Å²) in [6, 6.07) is 19.6. The summed E-state index contributed by atoms with van der Waals surface area (Å²) in [5, 5.41) is 24.5. The molecule has 0 aliphatic heterocycles. The lowest BCUT2D eigenvalue weighted by Gasteiger charge is -2.17. The van der Waals surface area contributed by atoms with Crippen LogP contribution in [0, 0.1) is 25.7 Å². The Morgan fingerprint density at radius 1 is 0.640 bits per heavy atom. The third kappa shape index (κ3) is 9.93. The van der Waals surface area contributed by atoms with Crippen molar-refractivity contribution in [1.29, 1.82) is 0 Å². The largest absolute Gasteiger partial charge is 0.481 e. The Hall–Kier alpha value is -5.20. The van der Waals surface area contributed by atoms with Crippen LogP contribution in [0.2, 0.25) is 0 Å². The molecule has 0 aliphatic carbocycles. The van der Waals surface area contributed by atoms with Gasteiger partial charge in [0.1, 0.15) is 13.2 Å². The number of nitrogens with zero attached hydrogens (tertiary/aromatic N) is 2. The number of ether oxygens (including phenoxy) is 4. The van der Waals surface area contributed by atoms with E-state index in [9.17, 15) is 9.59 Å². The van der Waals surface area contributed by atoms with E-state index in [0.717, 1.165) is 44.5 Å². The van der Waals surface area contributed by atoms with Crippen LogP contribution in [0.1, 0.15) is 47.2 Å². The molecule has 0 fully saturated rings. The molecule has 2 heterocycles. The number of carboxylic acid groups (broad SMARTS) is 2. The average molecular weight is 687 g/mol. The third-order valence-electron chi connectivity index (χ3n) is 8.52. The molecule has 2 aromatic heterocycles. The number of benzene rings is 2. The Balaban J connectivity index is 1.41. The summed E-state index contributed by atoms with van der Waals surface area (Å²) in [4.78, 5) is 31.2. The zero-order valence-electron chi connectivity index (χ0n) is 29.4. The van der Waals surface area contributed by atoms with Crippen LogP contribution < -0.4 is 29.6 Å². The number of aliphatic carboxylic acids is 2. The van der Waals surface area contributed by atoms with Gasteiger partial charge in [-0.3, -0.25) is 9.59 Å². The van der Waals surface area contributed by atoms with Crippen molar-refractivity contribution in [2.24, 2.45) is 11.8 Å². The van der Waals surface area contributed by atoms with Crippen LogP contribution >= 0.6 is 0 Å². The lowest BCUT2D eigenvalue weighted by molar-refractivity contribution is -0.141. The summed E-state index contributed by atoms with van der Waals surface area (Å²) in [6.07, 6.45) is 0. The molecule has 2 unspecified atom stereocenters. The molecule has 2 atom stereocenters. The molecule has 266 valence electrons. The van der Waals surface area contributed by atoms with E-state index in [-0.39, 0.29) is 0 Å². The molecule has 0 spiro atoms. The second-order valence-electron chi connectivity index (χ2n) is 12.1. The van der Waals surface area contributed by atoms with Gasteiger partial charge in [0.2, 0.25) is 23.5 Å². The summed E-state index contributed by atoms with van der Waals surface area (Å²) >= 11 is 0. The van der Waals surface area contributed by atoms with Gasteiger partial charge in [-0.1, -0.05) is 50.2 Å². The van der Waals surface area contributed by atoms with Crippen LogP contribution in [0.25, 0.3) is 11.1 Å². The van der Waals surface area contributed by atoms with Gasteiger partial charge < -0.3 is 39.8 Å². The molecule has 0 saturated heterocycles. The molecule has 4 aromatic rings. The van der Waals surface area contributed by atoms with E-state index in [2.05, 4.69) is 46.6 Å². The van der Waals surface area contributed by atoms with E-state index in [1.54, 1.807) is 40.2 Å². The first kappa shape index (κ1) is 37.6. The van der Waals surface area contributed by atoms with Crippen molar-refractivity contribution >= 4 is 11.9 Å². The molecular formula is C38H46N4O8. The minimum atomic E-state index is -0.850. The van der Waals surface area contributed by atoms with Crippen LogP contribution in [0.4, 0.5) is 0 Å². The first-order valence-corrected chi connectivity index (χ1v) is 16.4. The molecule has 50 heavy (non-hydrogen) atoms. The van der Waals surface area contributed by atoms with Gasteiger partial charge in [0, 0.05) is 49.4 Å². The Morgan fingerprint density at radius 2 is 1.04 bits per heavy atom. The summed E-state index contributed by atoms with van der Waals surface area (Å²) in [5.74, 6) is -1.02. The van der Waals surface area contributed by atoms with E-state index in [0.29, 0.717) is 62.9 Å². The Bertz CT molecular complexity index is 1650. The molecule has 4 rings (SSSR count). The number of rotatable bonds is 19. The number of pyridine rings is 2. The van der Waals surface area contributed by atoms with Crippen molar-refractivity contribution in [3.8, 4) is 34.6 Å². The Labute approximate surface area is 292 Å². The van der Waals surface area contributed by atoms with Crippen LogP contribution in [0.15, 0.2) is 60.7 Å². The second kappa shape index (κ2) is 18.0. The number of nitrogens with one attached hydrogen (secondary N) is 2. The number of hydrogen-bond donors (Lipinski definition) is 4. The molecule has 0 aliphatic rings. The highest BCUT2D eigenvalue weighted by molar-refractivity contribution is 5.72. The lowest BCUT2D eigenvalue weighted by atomic mass is 9.92. The number of hydrogen-bond acceptors (Lipinski definition) is 10. The van der Waals surface area contributed by atoms with Crippen molar-refractivity contribution in [1.82, 2.24) is 20.6 Å². The zero-order valence-corrected chi connectivity index (χ0v) is 29.4. The summed E-state index contributed by atoms with van der Waals surface area (Å²) in [5.41, 5.74) is 7.98. The molecule has 0 amide bonds. The van der Waals surface area contributed by atoms with Gasteiger partial charge in [-0.25, -0.2) is 0 Å². The lowest BCUT2D eigenvalue weighted by Crippen LogP contribution is -2.26. The van der Waals surface area contributed by atoms with Crippen LogP contribution in [-0.4, -0.2) is 59.4 Å². The molecule has 12 nitrogen and oxygen atoms in total. The first-order valence-electron chi connectivity index (χ1n) is 16.4. The maximum atomic E-state index is 11.1. The Kier molecular flexibility index (Phi) is 13.5. The van der Waals surface area contributed by atoms with Gasteiger partial charge in [0.15, 0.2) is 0 Å². The fourth-order valence-electron chi connectivity index (χ4n) is 5.28. The molecule has 0 radical (unpaired) electrons. The minimum Gasteiger partial charge on any atom is -0.481 e. The molecular weight excluding hydrogens is 640 g/mol. The quantitative estimate of drug-likeness (QED) is 0.0974. The number of methoxy groups -OCH3 is 2. The summed E-state index contributed by atoms with van der Waals surface area (Å²) in [6.45, 7) is 9.58. The van der Waals surface area contributed by atoms with Gasteiger partial charge in [0.05, 0.1) is 26.1 Å². The highest BCUT2D eigenvalue weighted by atomic mass is 16.5. The van der Waals surface area contributed by atoms with Crippen molar-refractivity contribution in [2.45, 2.75) is 54.0 Å². The molecule has 2 aromatic carbocycles. The predicted octanol–water partition coefficient (Wildman–Crippen LogP) is 5.56. The second-order valence-corrected chi connectivity index (χ2v) is 12.1. The predicted molar refractivity (Wildman–Crippen MR) is 189 cm³/mol. The van der Waals surface area contributed by atoms with Crippen LogP contribution in [0.5, 0.6) is 23.5 Å². The van der Waals surface area contributed by atoms with Crippen molar-refractivity contribution in [3.05, 3.63) is 94.0 Å². The zero-order chi connectivity index (χ0) is 36.2. The standard InChI is InChI=1S/C38H46N4O8/c1-23(37(43)44)17-39-19-27-13-15-33(41-35(27)47-5)49-21-29-9-7-11-31(25(29)3)32-12-8-10-30(26(32)4)22-50-34-16-14-28(36(42-34)48-6)20-40-18-24(2)38(45)46/h7-16,23-24,39-40H,17-22H2,1-6H3,(H,43,44)(H,45,46). The van der Waals surface area contributed by atoms with Gasteiger partial charge in [0.25, 0.3) is 0 Å². The fourth-order valence-corrected chi connectivity index (χ4v) is 5.28. The maximum absolute atomic E-state index is 11.1. The molecule has 0 saturated carbocycles. The van der Waals surface area contributed by atoms with Crippen molar-refractivity contribution in [2.75, 3.05) is 27.3 Å². The van der Waals surface area contributed by atoms with Crippen molar-refractivity contribution < 1.29 is 38.7 Å². The third-order valence-corrected chi connectivity index (χ3v) is 8.52. The summed E-state index contributed by atoms with van der Waals surface area (Å²) in [7, 11) is 3.09. The number of carboxylic acids is 2. The van der Waals surface area contributed by atoms with Gasteiger partial charge in [-0.2, -0.15) is 9.97 Å². The molecule has 0 bridgehead atoms. The fraction of sp³-hybridized carbons (Fsp3) is 0.368.